The van der Waals surface area contributed by atoms with Crippen LogP contribution >= 0.6 is 11.3 Å². The average molecular weight is 242 g/mol. The summed E-state index contributed by atoms with van der Waals surface area (Å²) in [6, 6.07) is 1.49. The van der Waals surface area contributed by atoms with E-state index in [0.717, 1.165) is 11.3 Å². The summed E-state index contributed by atoms with van der Waals surface area (Å²) >= 11 is 0.914. The Kier molecular flexibility index (Phi) is 2.91. The standard InChI is InChI=1S/C10H11FN2O2S/c1-13-4-2-6(10(13)15)9(14)12-7-3-5-16-8(7)11/h3,5-6H,2,4H2,1H3,(H,12,14). The number of thiophene rings is 1. The summed E-state index contributed by atoms with van der Waals surface area (Å²) in [5.74, 6) is -1.30. The van der Waals surface area contributed by atoms with Gasteiger partial charge in [-0.25, -0.2) is 0 Å². The van der Waals surface area contributed by atoms with Crippen molar-refractivity contribution in [2.75, 3.05) is 18.9 Å². The van der Waals surface area contributed by atoms with Crippen LogP contribution in [-0.4, -0.2) is 30.3 Å². The van der Waals surface area contributed by atoms with Crippen molar-refractivity contribution in [3.63, 3.8) is 0 Å². The number of nitrogens with one attached hydrogen (secondary N) is 1. The third kappa shape index (κ3) is 1.92. The van der Waals surface area contributed by atoms with Crippen molar-refractivity contribution in [2.24, 2.45) is 5.92 Å². The molecule has 1 saturated heterocycles. The Hall–Kier alpha value is -1.43. The van der Waals surface area contributed by atoms with Gasteiger partial charge in [-0.2, -0.15) is 4.39 Å². The lowest BCUT2D eigenvalue weighted by Crippen LogP contribution is -2.30. The van der Waals surface area contributed by atoms with E-state index in [1.807, 2.05) is 0 Å². The molecule has 1 atom stereocenters. The molecule has 0 saturated carbocycles. The molecule has 2 rings (SSSR count). The van der Waals surface area contributed by atoms with Gasteiger partial charge in [0.2, 0.25) is 11.8 Å². The van der Waals surface area contributed by atoms with E-state index in [9.17, 15) is 14.0 Å². The maximum atomic E-state index is 13.1. The van der Waals surface area contributed by atoms with Crippen LogP contribution in [0, 0.1) is 11.0 Å². The monoisotopic (exact) mass is 242 g/mol. The van der Waals surface area contributed by atoms with E-state index >= 15 is 0 Å². The Labute approximate surface area is 96.1 Å². The number of halogens is 1. The normalized spacial score (nSPS) is 20.2. The number of anilines is 1. The molecule has 0 spiro atoms. The second-order valence-electron chi connectivity index (χ2n) is 3.70. The maximum Gasteiger partial charge on any atom is 0.237 e. The molecule has 4 nitrogen and oxygen atoms in total. The lowest BCUT2D eigenvalue weighted by atomic mass is 10.1. The van der Waals surface area contributed by atoms with E-state index < -0.39 is 17.0 Å². The van der Waals surface area contributed by atoms with Crippen molar-refractivity contribution in [1.29, 1.82) is 0 Å². The molecule has 0 bridgehead atoms. The highest BCUT2D eigenvalue weighted by Gasteiger charge is 2.35. The summed E-state index contributed by atoms with van der Waals surface area (Å²) in [4.78, 5) is 24.7. The van der Waals surface area contributed by atoms with Crippen molar-refractivity contribution in [1.82, 2.24) is 4.90 Å². The summed E-state index contributed by atoms with van der Waals surface area (Å²) in [5.41, 5.74) is 0.150. The van der Waals surface area contributed by atoms with Crippen LogP contribution in [0.15, 0.2) is 11.4 Å². The van der Waals surface area contributed by atoms with E-state index in [1.165, 1.54) is 11.0 Å². The molecule has 1 aromatic rings. The molecule has 0 aromatic carbocycles. The lowest BCUT2D eigenvalue weighted by molar-refractivity contribution is -0.134. The molecule has 0 radical (unpaired) electrons. The fourth-order valence-corrected chi connectivity index (χ4v) is 2.24. The fraction of sp³-hybridized carbons (Fsp3) is 0.400. The largest absolute Gasteiger partial charge is 0.345 e. The van der Waals surface area contributed by atoms with Gasteiger partial charge >= 0.3 is 0 Å². The third-order valence-corrected chi connectivity index (χ3v) is 3.32. The SMILES string of the molecule is CN1CCC(C(=O)Nc2ccsc2F)C1=O. The quantitative estimate of drug-likeness (QED) is 0.795. The molecule has 86 valence electrons. The summed E-state index contributed by atoms with van der Waals surface area (Å²) in [6.45, 7) is 0.572. The predicted molar refractivity (Wildman–Crippen MR) is 58.7 cm³/mol. The first-order chi connectivity index (χ1) is 7.59. The van der Waals surface area contributed by atoms with Crippen LogP contribution in [0.1, 0.15) is 6.42 Å². The summed E-state index contributed by atoms with van der Waals surface area (Å²) in [7, 11) is 1.65. The van der Waals surface area contributed by atoms with Gasteiger partial charge < -0.3 is 10.2 Å². The second-order valence-corrected chi connectivity index (χ2v) is 4.56. The Morgan fingerprint density at radius 1 is 1.69 bits per heavy atom. The highest BCUT2D eigenvalue weighted by Crippen LogP contribution is 2.23. The van der Waals surface area contributed by atoms with Crippen LogP contribution in [0.25, 0.3) is 0 Å². The number of hydrogen-bond donors (Lipinski definition) is 1. The molecular formula is C10H11FN2O2S. The highest BCUT2D eigenvalue weighted by atomic mass is 32.1. The van der Waals surface area contributed by atoms with Gasteiger partial charge in [0.25, 0.3) is 0 Å². The van der Waals surface area contributed by atoms with Crippen LogP contribution in [0.3, 0.4) is 0 Å². The number of hydrogen-bond acceptors (Lipinski definition) is 3. The van der Waals surface area contributed by atoms with Gasteiger partial charge in [-0.15, -0.1) is 11.3 Å². The summed E-state index contributed by atoms with van der Waals surface area (Å²) in [6.07, 6.45) is 0.493. The van der Waals surface area contributed by atoms with E-state index in [0.29, 0.717) is 13.0 Å². The molecule has 1 aliphatic rings. The number of nitrogens with zero attached hydrogens (tertiary/aromatic N) is 1. The smallest absolute Gasteiger partial charge is 0.237 e. The van der Waals surface area contributed by atoms with E-state index in [2.05, 4.69) is 5.32 Å². The summed E-state index contributed by atoms with van der Waals surface area (Å²) in [5, 5.41) is 3.54. The summed E-state index contributed by atoms with van der Waals surface area (Å²) < 4.78 is 13.1. The zero-order chi connectivity index (χ0) is 11.7. The van der Waals surface area contributed by atoms with E-state index in [4.69, 9.17) is 0 Å². The van der Waals surface area contributed by atoms with E-state index in [1.54, 1.807) is 12.4 Å². The van der Waals surface area contributed by atoms with Gasteiger partial charge in [0.05, 0.1) is 5.69 Å². The van der Waals surface area contributed by atoms with Gasteiger partial charge in [-0.05, 0) is 17.9 Å². The molecule has 6 heteroatoms. The van der Waals surface area contributed by atoms with Crippen LogP contribution in [-0.2, 0) is 9.59 Å². The van der Waals surface area contributed by atoms with Gasteiger partial charge in [-0.3, -0.25) is 9.59 Å². The van der Waals surface area contributed by atoms with E-state index in [-0.39, 0.29) is 11.6 Å². The van der Waals surface area contributed by atoms with Gasteiger partial charge in [0.15, 0.2) is 5.13 Å². The topological polar surface area (TPSA) is 49.4 Å². The lowest BCUT2D eigenvalue weighted by Gasteiger charge is -2.10. The number of amides is 2. The first-order valence-electron chi connectivity index (χ1n) is 4.88. The zero-order valence-electron chi connectivity index (χ0n) is 8.70. The molecule has 1 fully saturated rings. The molecule has 16 heavy (non-hydrogen) atoms. The van der Waals surface area contributed by atoms with Crippen molar-refractivity contribution < 1.29 is 14.0 Å². The number of rotatable bonds is 2. The molecule has 0 aliphatic carbocycles. The van der Waals surface area contributed by atoms with Crippen molar-refractivity contribution >= 4 is 28.8 Å². The number of likely N-dealkylation sites (tertiary alicyclic amines) is 1. The molecule has 1 aromatic heterocycles. The Morgan fingerprint density at radius 3 is 2.94 bits per heavy atom. The van der Waals surface area contributed by atoms with Gasteiger partial charge in [0.1, 0.15) is 5.92 Å². The number of carbonyl (C=O) groups is 2. The van der Waals surface area contributed by atoms with Crippen LogP contribution < -0.4 is 5.32 Å². The Bertz CT molecular complexity index is 432. The van der Waals surface area contributed by atoms with Crippen molar-refractivity contribution in [2.45, 2.75) is 6.42 Å². The molecule has 1 aliphatic heterocycles. The van der Waals surface area contributed by atoms with Gasteiger partial charge in [0, 0.05) is 13.6 Å². The second kappa shape index (κ2) is 4.21. The minimum absolute atomic E-state index is 0.150. The van der Waals surface area contributed by atoms with Gasteiger partial charge in [-0.1, -0.05) is 0 Å². The van der Waals surface area contributed by atoms with Crippen molar-refractivity contribution in [3.05, 3.63) is 16.6 Å². The maximum absolute atomic E-state index is 13.1. The molecule has 1 unspecified atom stereocenters. The first kappa shape index (κ1) is 11.1. The number of carbonyl (C=O) groups excluding carboxylic acids is 2. The zero-order valence-corrected chi connectivity index (χ0v) is 9.51. The minimum Gasteiger partial charge on any atom is -0.345 e. The van der Waals surface area contributed by atoms with Crippen molar-refractivity contribution in [3.8, 4) is 0 Å². The van der Waals surface area contributed by atoms with Crippen LogP contribution in [0.2, 0.25) is 0 Å². The predicted octanol–water partition coefficient (Wildman–Crippen LogP) is 1.30. The fourth-order valence-electron chi connectivity index (χ4n) is 1.67. The molecule has 2 heterocycles. The molecule has 1 N–H and O–H groups in total. The minimum atomic E-state index is -0.677. The highest BCUT2D eigenvalue weighted by molar-refractivity contribution is 7.08. The molecule has 2 amide bonds. The molecular weight excluding hydrogens is 231 g/mol. The Balaban J connectivity index is 2.04. The first-order valence-corrected chi connectivity index (χ1v) is 5.76. The Morgan fingerprint density at radius 2 is 2.44 bits per heavy atom. The average Bonchev–Trinajstić information content (AvgIpc) is 2.77. The van der Waals surface area contributed by atoms with Crippen LogP contribution in [0.4, 0.5) is 10.1 Å². The third-order valence-electron chi connectivity index (χ3n) is 2.62. The van der Waals surface area contributed by atoms with Crippen LogP contribution in [0.5, 0.6) is 0 Å².